The maximum absolute atomic E-state index is 13.6. The normalized spacial score (nSPS) is 29.9. The second-order valence-electron chi connectivity index (χ2n) is 6.12. The third kappa shape index (κ3) is 3.39. The van der Waals surface area contributed by atoms with Gasteiger partial charge in [-0.05, 0) is 62.6 Å². The van der Waals surface area contributed by atoms with Crippen molar-refractivity contribution in [3.05, 3.63) is 35.6 Å². The van der Waals surface area contributed by atoms with Crippen molar-refractivity contribution in [2.24, 2.45) is 0 Å². The Bertz CT molecular complexity index is 425. The Hall–Kier alpha value is -0.930. The summed E-state index contributed by atoms with van der Waals surface area (Å²) in [6, 6.07) is 7.74. The first-order valence-electron chi connectivity index (χ1n) is 7.92. The van der Waals surface area contributed by atoms with E-state index in [2.05, 4.69) is 5.32 Å². The van der Waals surface area contributed by atoms with Crippen LogP contribution in [0.25, 0.3) is 0 Å². The zero-order chi connectivity index (χ0) is 13.8. The molecule has 0 spiro atoms. The van der Waals surface area contributed by atoms with Gasteiger partial charge in [0.05, 0.1) is 6.10 Å². The highest BCUT2D eigenvalue weighted by atomic mass is 19.1. The predicted molar refractivity (Wildman–Crippen MR) is 78.4 cm³/mol. The van der Waals surface area contributed by atoms with Crippen molar-refractivity contribution in [1.29, 1.82) is 0 Å². The van der Waals surface area contributed by atoms with Crippen molar-refractivity contribution < 1.29 is 9.13 Å². The fourth-order valence-corrected chi connectivity index (χ4v) is 3.33. The molecule has 0 amide bonds. The van der Waals surface area contributed by atoms with Gasteiger partial charge in [0.25, 0.3) is 0 Å². The van der Waals surface area contributed by atoms with Gasteiger partial charge in [0.2, 0.25) is 0 Å². The summed E-state index contributed by atoms with van der Waals surface area (Å²) >= 11 is 0. The van der Waals surface area contributed by atoms with Crippen LogP contribution in [0, 0.1) is 5.82 Å². The third-order valence-electron chi connectivity index (χ3n) is 4.66. The summed E-state index contributed by atoms with van der Waals surface area (Å²) in [6.45, 7) is 1.96. The fraction of sp³-hybridized carbons (Fsp3) is 0.647. The number of rotatable bonds is 5. The van der Waals surface area contributed by atoms with Crippen LogP contribution in [0.5, 0.6) is 0 Å². The minimum absolute atomic E-state index is 0.0495. The largest absolute Gasteiger partial charge is 0.378 e. The molecular weight excluding hydrogens is 253 g/mol. The molecule has 1 N–H and O–H groups in total. The second-order valence-corrected chi connectivity index (χ2v) is 6.12. The van der Waals surface area contributed by atoms with E-state index >= 15 is 0 Å². The molecule has 1 aromatic carbocycles. The molecule has 0 radical (unpaired) electrons. The summed E-state index contributed by atoms with van der Waals surface area (Å²) < 4.78 is 19.4. The van der Waals surface area contributed by atoms with E-state index in [1.165, 1.54) is 19.3 Å². The lowest BCUT2D eigenvalue weighted by molar-refractivity contribution is 0.0107. The smallest absolute Gasteiger partial charge is 0.126 e. The highest BCUT2D eigenvalue weighted by molar-refractivity contribution is 5.24. The summed E-state index contributed by atoms with van der Waals surface area (Å²) in [5.41, 5.74) is 0.890. The standard InChI is InChI=1S/C17H24FNO/c18-17-7-2-1-6-16(17)13-11-14(12-13)19-9-8-15-5-3-4-10-20-15/h1-2,6-7,13-15,19H,3-5,8-12H2. The molecule has 20 heavy (non-hydrogen) atoms. The van der Waals surface area contributed by atoms with Gasteiger partial charge in [-0.1, -0.05) is 18.2 Å². The van der Waals surface area contributed by atoms with Crippen LogP contribution in [0.3, 0.4) is 0 Å². The summed E-state index contributed by atoms with van der Waals surface area (Å²) in [6.07, 6.45) is 7.43. The van der Waals surface area contributed by atoms with E-state index in [9.17, 15) is 4.39 Å². The average Bonchev–Trinajstić information content (AvgIpc) is 2.44. The number of nitrogens with one attached hydrogen (secondary N) is 1. The fourth-order valence-electron chi connectivity index (χ4n) is 3.33. The molecule has 2 aliphatic rings. The van der Waals surface area contributed by atoms with E-state index in [-0.39, 0.29) is 5.82 Å². The minimum Gasteiger partial charge on any atom is -0.378 e. The highest BCUT2D eigenvalue weighted by Gasteiger charge is 2.31. The zero-order valence-electron chi connectivity index (χ0n) is 12.0. The first-order chi connectivity index (χ1) is 9.83. The SMILES string of the molecule is Fc1ccccc1C1CC(NCCC2CCCCO2)C1. The van der Waals surface area contributed by atoms with Crippen LogP contribution in [0.2, 0.25) is 0 Å². The van der Waals surface area contributed by atoms with Gasteiger partial charge in [-0.15, -0.1) is 0 Å². The van der Waals surface area contributed by atoms with E-state index < -0.39 is 0 Å². The lowest BCUT2D eigenvalue weighted by Gasteiger charge is -2.37. The van der Waals surface area contributed by atoms with Crippen LogP contribution in [-0.4, -0.2) is 25.3 Å². The highest BCUT2D eigenvalue weighted by Crippen LogP contribution is 2.37. The van der Waals surface area contributed by atoms with Crippen molar-refractivity contribution >= 4 is 0 Å². The molecule has 1 aliphatic carbocycles. The van der Waals surface area contributed by atoms with Gasteiger partial charge in [0, 0.05) is 12.6 Å². The number of halogens is 1. The molecular formula is C17H24FNO. The maximum atomic E-state index is 13.6. The molecule has 1 aliphatic heterocycles. The Kier molecular flexibility index (Phi) is 4.69. The number of hydrogen-bond donors (Lipinski definition) is 1. The van der Waals surface area contributed by atoms with Crippen LogP contribution in [0.4, 0.5) is 4.39 Å². The molecule has 1 saturated carbocycles. The molecule has 1 unspecified atom stereocenters. The molecule has 1 saturated heterocycles. The Morgan fingerprint density at radius 1 is 1.20 bits per heavy atom. The Morgan fingerprint density at radius 3 is 2.80 bits per heavy atom. The van der Waals surface area contributed by atoms with Gasteiger partial charge < -0.3 is 10.1 Å². The van der Waals surface area contributed by atoms with Crippen LogP contribution in [0.1, 0.15) is 50.0 Å². The zero-order valence-corrected chi connectivity index (χ0v) is 12.0. The van der Waals surface area contributed by atoms with Crippen LogP contribution in [0.15, 0.2) is 24.3 Å². The maximum Gasteiger partial charge on any atom is 0.126 e. The van der Waals surface area contributed by atoms with Gasteiger partial charge in [-0.3, -0.25) is 0 Å². The van der Waals surface area contributed by atoms with Crippen molar-refractivity contribution in [2.75, 3.05) is 13.2 Å². The molecule has 3 heteroatoms. The first kappa shape index (κ1) is 14.0. The summed E-state index contributed by atoms with van der Waals surface area (Å²) in [5, 5.41) is 3.58. The summed E-state index contributed by atoms with van der Waals surface area (Å²) in [5.74, 6) is 0.353. The number of ether oxygens (including phenoxy) is 1. The van der Waals surface area contributed by atoms with Gasteiger partial charge in [-0.25, -0.2) is 4.39 Å². The lowest BCUT2D eigenvalue weighted by atomic mass is 9.75. The molecule has 1 aromatic rings. The van der Waals surface area contributed by atoms with Crippen molar-refractivity contribution in [2.45, 2.75) is 56.6 Å². The third-order valence-corrected chi connectivity index (χ3v) is 4.66. The molecule has 1 atom stereocenters. The van der Waals surface area contributed by atoms with E-state index in [0.29, 0.717) is 18.1 Å². The Morgan fingerprint density at radius 2 is 2.05 bits per heavy atom. The van der Waals surface area contributed by atoms with Crippen molar-refractivity contribution in [1.82, 2.24) is 5.32 Å². The van der Waals surface area contributed by atoms with Crippen LogP contribution in [-0.2, 0) is 4.74 Å². The van der Waals surface area contributed by atoms with Gasteiger partial charge in [0.1, 0.15) is 5.82 Å². The lowest BCUT2D eigenvalue weighted by Crippen LogP contribution is -2.41. The van der Waals surface area contributed by atoms with E-state index in [1.54, 1.807) is 12.1 Å². The molecule has 0 aromatic heterocycles. The topological polar surface area (TPSA) is 21.3 Å². The molecule has 0 bridgehead atoms. The summed E-state index contributed by atoms with van der Waals surface area (Å²) in [7, 11) is 0. The molecule has 2 fully saturated rings. The average molecular weight is 277 g/mol. The molecule has 1 heterocycles. The molecule has 2 nitrogen and oxygen atoms in total. The molecule has 3 rings (SSSR count). The summed E-state index contributed by atoms with van der Waals surface area (Å²) in [4.78, 5) is 0. The second kappa shape index (κ2) is 6.68. The first-order valence-corrected chi connectivity index (χ1v) is 7.92. The minimum atomic E-state index is -0.0495. The van der Waals surface area contributed by atoms with Crippen LogP contribution >= 0.6 is 0 Å². The predicted octanol–water partition coefficient (Wildman–Crippen LogP) is 3.62. The van der Waals surface area contributed by atoms with Gasteiger partial charge in [-0.2, -0.15) is 0 Å². The van der Waals surface area contributed by atoms with Crippen molar-refractivity contribution in [3.63, 3.8) is 0 Å². The van der Waals surface area contributed by atoms with Gasteiger partial charge in [0.15, 0.2) is 0 Å². The van der Waals surface area contributed by atoms with Crippen LogP contribution < -0.4 is 5.32 Å². The quantitative estimate of drug-likeness (QED) is 0.887. The molecule has 110 valence electrons. The van der Waals surface area contributed by atoms with E-state index in [1.807, 2.05) is 12.1 Å². The number of benzene rings is 1. The Labute approximate surface area is 120 Å². The monoisotopic (exact) mass is 277 g/mol. The number of hydrogen-bond acceptors (Lipinski definition) is 2. The van der Waals surface area contributed by atoms with E-state index in [0.717, 1.165) is 38.0 Å². The Balaban J connectivity index is 1.35. The van der Waals surface area contributed by atoms with Gasteiger partial charge >= 0.3 is 0 Å². The van der Waals surface area contributed by atoms with E-state index in [4.69, 9.17) is 4.74 Å². The van der Waals surface area contributed by atoms with Crippen molar-refractivity contribution in [3.8, 4) is 0 Å².